The summed E-state index contributed by atoms with van der Waals surface area (Å²) >= 11 is 12.4. The molecule has 0 aliphatic carbocycles. The van der Waals surface area contributed by atoms with E-state index in [1.807, 2.05) is 18.2 Å². The van der Waals surface area contributed by atoms with Crippen LogP contribution in [0.25, 0.3) is 0 Å². The lowest BCUT2D eigenvalue weighted by Gasteiger charge is -2.35. The summed E-state index contributed by atoms with van der Waals surface area (Å²) in [5, 5.41) is 11.2. The van der Waals surface area contributed by atoms with Gasteiger partial charge < -0.3 is 0 Å². The highest BCUT2D eigenvalue weighted by atomic mass is 35.5. The van der Waals surface area contributed by atoms with Crippen LogP contribution in [0, 0.1) is 17.2 Å². The van der Waals surface area contributed by atoms with Crippen molar-refractivity contribution in [1.29, 1.82) is 5.26 Å². The number of nitriles is 1. The lowest BCUT2D eigenvalue weighted by atomic mass is 9.69. The summed E-state index contributed by atoms with van der Waals surface area (Å²) in [4.78, 5) is 2.40. The molecule has 0 bridgehead atoms. The van der Waals surface area contributed by atoms with Gasteiger partial charge in [-0.3, -0.25) is 4.90 Å². The Bertz CT molecular complexity index is 798. The predicted octanol–water partition coefficient (Wildman–Crippen LogP) is 7.10. The average molecular weight is 417 g/mol. The largest absolute Gasteiger partial charge is 0.299 e. The van der Waals surface area contributed by atoms with E-state index in [-0.39, 0.29) is 5.92 Å². The molecule has 0 aromatic heterocycles. The first-order valence-corrected chi connectivity index (χ1v) is 10.7. The molecule has 0 aliphatic heterocycles. The van der Waals surface area contributed by atoms with Crippen molar-refractivity contribution in [3.63, 3.8) is 0 Å². The molecule has 2 aromatic rings. The van der Waals surface area contributed by atoms with Crippen LogP contribution in [-0.2, 0) is 12.0 Å². The summed E-state index contributed by atoms with van der Waals surface area (Å²) in [7, 11) is 2.17. The highest BCUT2D eigenvalue weighted by Crippen LogP contribution is 2.39. The van der Waals surface area contributed by atoms with E-state index in [1.54, 1.807) is 6.07 Å². The normalized spacial score (nSPS) is 14.7. The molecule has 0 amide bonds. The third kappa shape index (κ3) is 5.29. The molecular formula is C24H30Cl2N2. The van der Waals surface area contributed by atoms with E-state index in [1.165, 1.54) is 5.56 Å². The second kappa shape index (κ2) is 10.3. The van der Waals surface area contributed by atoms with Gasteiger partial charge in [0, 0.05) is 12.6 Å². The van der Waals surface area contributed by atoms with Crippen LogP contribution in [0.3, 0.4) is 0 Å². The second-order valence-corrected chi connectivity index (χ2v) is 8.68. The highest BCUT2D eigenvalue weighted by Gasteiger charge is 2.37. The topological polar surface area (TPSA) is 27.0 Å². The van der Waals surface area contributed by atoms with E-state index in [0.29, 0.717) is 16.1 Å². The zero-order valence-corrected chi connectivity index (χ0v) is 18.8. The average Bonchev–Trinajstić information content (AvgIpc) is 2.68. The molecule has 0 aliphatic rings. The fourth-order valence-electron chi connectivity index (χ4n) is 3.92. The van der Waals surface area contributed by atoms with Crippen molar-refractivity contribution in [2.24, 2.45) is 5.92 Å². The van der Waals surface area contributed by atoms with Crippen LogP contribution in [0.1, 0.15) is 51.2 Å². The Labute approximate surface area is 180 Å². The Hall–Kier alpha value is -1.53. The molecule has 150 valence electrons. The summed E-state index contributed by atoms with van der Waals surface area (Å²) in [5.41, 5.74) is 1.69. The van der Waals surface area contributed by atoms with Gasteiger partial charge in [0.25, 0.3) is 0 Å². The summed E-state index contributed by atoms with van der Waals surface area (Å²) in [5.74, 6) is 0.173. The van der Waals surface area contributed by atoms with Crippen molar-refractivity contribution in [2.75, 3.05) is 7.05 Å². The number of hydrogen-bond acceptors (Lipinski definition) is 2. The van der Waals surface area contributed by atoms with Crippen LogP contribution < -0.4 is 0 Å². The number of rotatable bonds is 9. The van der Waals surface area contributed by atoms with Crippen LogP contribution in [0.4, 0.5) is 0 Å². The maximum Gasteiger partial charge on any atom is 0.0846 e. The SMILES string of the molecule is CCC(CCC(C#N)(c1ccc(Cl)c(Cl)c1)C(C)C)N(C)Cc1ccccc1. The Morgan fingerprint density at radius 3 is 2.29 bits per heavy atom. The lowest BCUT2D eigenvalue weighted by Crippen LogP contribution is -2.36. The number of hydrogen-bond donors (Lipinski definition) is 0. The minimum Gasteiger partial charge on any atom is -0.299 e. The van der Waals surface area contributed by atoms with Gasteiger partial charge >= 0.3 is 0 Å². The van der Waals surface area contributed by atoms with Crippen LogP contribution in [-0.4, -0.2) is 18.0 Å². The van der Waals surface area contributed by atoms with Crippen molar-refractivity contribution in [1.82, 2.24) is 4.90 Å². The van der Waals surface area contributed by atoms with Gasteiger partial charge in [-0.15, -0.1) is 0 Å². The van der Waals surface area contributed by atoms with E-state index in [9.17, 15) is 5.26 Å². The molecule has 28 heavy (non-hydrogen) atoms. The molecule has 2 unspecified atom stereocenters. The zero-order valence-electron chi connectivity index (χ0n) is 17.3. The second-order valence-electron chi connectivity index (χ2n) is 7.87. The summed E-state index contributed by atoms with van der Waals surface area (Å²) < 4.78 is 0. The van der Waals surface area contributed by atoms with E-state index in [0.717, 1.165) is 31.4 Å². The Balaban J connectivity index is 2.19. The molecule has 0 radical (unpaired) electrons. The van der Waals surface area contributed by atoms with E-state index in [4.69, 9.17) is 23.2 Å². The fourth-order valence-corrected chi connectivity index (χ4v) is 4.22. The van der Waals surface area contributed by atoms with Crippen LogP contribution >= 0.6 is 23.2 Å². The van der Waals surface area contributed by atoms with Gasteiger partial charge in [-0.05, 0) is 55.5 Å². The molecule has 0 spiro atoms. The lowest BCUT2D eigenvalue weighted by molar-refractivity contribution is 0.197. The third-order valence-corrected chi connectivity index (χ3v) is 6.60. The monoisotopic (exact) mass is 416 g/mol. The van der Waals surface area contributed by atoms with Crippen LogP contribution in [0.2, 0.25) is 10.0 Å². The van der Waals surface area contributed by atoms with Gasteiger partial charge in [-0.25, -0.2) is 0 Å². The molecule has 0 N–H and O–H groups in total. The Morgan fingerprint density at radius 1 is 1.07 bits per heavy atom. The predicted molar refractivity (Wildman–Crippen MR) is 120 cm³/mol. The maximum absolute atomic E-state index is 10.2. The van der Waals surface area contributed by atoms with E-state index < -0.39 is 5.41 Å². The van der Waals surface area contributed by atoms with E-state index in [2.05, 4.69) is 63.1 Å². The van der Waals surface area contributed by atoms with Gasteiger partial charge in [0.15, 0.2) is 0 Å². The van der Waals surface area contributed by atoms with Gasteiger partial charge in [0.1, 0.15) is 0 Å². The molecule has 0 saturated carbocycles. The fraction of sp³-hybridized carbons (Fsp3) is 0.458. The molecule has 2 atom stereocenters. The van der Waals surface area contributed by atoms with Crippen molar-refractivity contribution < 1.29 is 0 Å². The first kappa shape index (κ1) is 22.8. The molecule has 4 heteroatoms. The Morgan fingerprint density at radius 2 is 1.75 bits per heavy atom. The van der Waals surface area contributed by atoms with Crippen LogP contribution in [0.15, 0.2) is 48.5 Å². The van der Waals surface area contributed by atoms with Crippen molar-refractivity contribution in [3.05, 3.63) is 69.7 Å². The van der Waals surface area contributed by atoms with Gasteiger partial charge in [-0.2, -0.15) is 5.26 Å². The van der Waals surface area contributed by atoms with Crippen LogP contribution in [0.5, 0.6) is 0 Å². The number of benzene rings is 2. The molecule has 0 fully saturated rings. The van der Waals surface area contributed by atoms with E-state index >= 15 is 0 Å². The molecule has 2 nitrogen and oxygen atoms in total. The smallest absolute Gasteiger partial charge is 0.0846 e. The minimum absolute atomic E-state index is 0.173. The molecule has 2 aromatic carbocycles. The summed E-state index contributed by atoms with van der Waals surface area (Å²) in [6.45, 7) is 7.35. The first-order valence-electron chi connectivity index (χ1n) is 9.95. The van der Waals surface area contributed by atoms with Gasteiger partial charge in [-0.1, -0.05) is 80.4 Å². The third-order valence-electron chi connectivity index (χ3n) is 5.86. The first-order chi connectivity index (χ1) is 13.3. The van der Waals surface area contributed by atoms with Gasteiger partial charge in [0.2, 0.25) is 0 Å². The molecular weight excluding hydrogens is 387 g/mol. The van der Waals surface area contributed by atoms with Crippen molar-refractivity contribution >= 4 is 23.2 Å². The molecule has 0 heterocycles. The zero-order chi connectivity index (χ0) is 20.7. The quantitative estimate of drug-likeness (QED) is 0.435. The summed E-state index contributed by atoms with van der Waals surface area (Å²) in [6.07, 6.45) is 2.78. The molecule has 2 rings (SSSR count). The Kier molecular flexibility index (Phi) is 8.38. The highest BCUT2D eigenvalue weighted by molar-refractivity contribution is 6.42. The standard InChI is InChI=1S/C24H30Cl2N2/c1-5-21(28(4)16-19-9-7-6-8-10-19)13-14-24(17-27,18(2)3)20-11-12-22(25)23(26)15-20/h6-12,15,18,21H,5,13-14,16H2,1-4H3. The van der Waals surface area contributed by atoms with Crippen molar-refractivity contribution in [3.8, 4) is 6.07 Å². The van der Waals surface area contributed by atoms with Crippen molar-refractivity contribution in [2.45, 2.75) is 58.0 Å². The minimum atomic E-state index is -0.574. The number of nitrogens with zero attached hydrogens (tertiary/aromatic N) is 2. The number of halogens is 2. The van der Waals surface area contributed by atoms with Gasteiger partial charge in [0.05, 0.1) is 21.5 Å². The summed E-state index contributed by atoms with van der Waals surface area (Å²) in [6, 6.07) is 19.2. The molecule has 0 saturated heterocycles. The maximum atomic E-state index is 10.2.